The predicted octanol–water partition coefficient (Wildman–Crippen LogP) is 1.94. The number of carbonyl (C=O) groups is 1. The van der Waals surface area contributed by atoms with Crippen LogP contribution in [-0.4, -0.2) is 34.2 Å². The van der Waals surface area contributed by atoms with Crippen LogP contribution >= 0.6 is 11.8 Å². The SMILES string of the molecule is CSCCCNC(=O)c1ccn(-c2cccc(N)c2)n1. The van der Waals surface area contributed by atoms with Crippen LogP contribution in [0.1, 0.15) is 16.9 Å². The van der Waals surface area contributed by atoms with Gasteiger partial charge in [0.05, 0.1) is 5.69 Å². The molecular formula is C14H18N4OS. The number of anilines is 1. The summed E-state index contributed by atoms with van der Waals surface area (Å²) in [5.74, 6) is 0.895. The second kappa shape index (κ2) is 7.00. The van der Waals surface area contributed by atoms with E-state index in [1.54, 1.807) is 28.7 Å². The van der Waals surface area contributed by atoms with Crippen LogP contribution in [0.2, 0.25) is 0 Å². The number of hydrogen-bond donors (Lipinski definition) is 2. The summed E-state index contributed by atoms with van der Waals surface area (Å²) in [7, 11) is 0. The number of nitrogens with zero attached hydrogens (tertiary/aromatic N) is 2. The molecule has 0 saturated heterocycles. The van der Waals surface area contributed by atoms with Crippen molar-refractivity contribution in [2.45, 2.75) is 6.42 Å². The third-order valence-electron chi connectivity index (χ3n) is 2.77. The number of nitrogens with one attached hydrogen (secondary N) is 1. The molecule has 0 bridgehead atoms. The minimum atomic E-state index is -0.145. The maximum atomic E-state index is 11.9. The van der Waals surface area contributed by atoms with Gasteiger partial charge in [-0.05, 0) is 42.7 Å². The first kappa shape index (κ1) is 14.5. The summed E-state index contributed by atoms with van der Waals surface area (Å²) in [5.41, 5.74) is 7.65. The molecule has 1 aromatic heterocycles. The lowest BCUT2D eigenvalue weighted by Crippen LogP contribution is -2.25. The van der Waals surface area contributed by atoms with Gasteiger partial charge in [0.1, 0.15) is 0 Å². The molecule has 0 aliphatic rings. The number of hydrogen-bond acceptors (Lipinski definition) is 4. The van der Waals surface area contributed by atoms with E-state index >= 15 is 0 Å². The molecule has 0 spiro atoms. The summed E-state index contributed by atoms with van der Waals surface area (Å²) >= 11 is 1.77. The van der Waals surface area contributed by atoms with E-state index in [-0.39, 0.29) is 5.91 Å². The largest absolute Gasteiger partial charge is 0.399 e. The van der Waals surface area contributed by atoms with E-state index in [2.05, 4.69) is 16.7 Å². The van der Waals surface area contributed by atoms with Crippen LogP contribution in [0.15, 0.2) is 36.5 Å². The second-order valence-corrected chi connectivity index (χ2v) is 5.33. The van der Waals surface area contributed by atoms with Crippen molar-refractivity contribution in [1.82, 2.24) is 15.1 Å². The highest BCUT2D eigenvalue weighted by atomic mass is 32.2. The summed E-state index contributed by atoms with van der Waals surface area (Å²) in [6.45, 7) is 0.671. The number of benzene rings is 1. The van der Waals surface area contributed by atoms with Crippen LogP contribution in [0.25, 0.3) is 5.69 Å². The fourth-order valence-corrected chi connectivity index (χ4v) is 2.20. The summed E-state index contributed by atoms with van der Waals surface area (Å²) < 4.78 is 1.65. The highest BCUT2D eigenvalue weighted by Gasteiger charge is 2.09. The average Bonchev–Trinajstić information content (AvgIpc) is 2.93. The van der Waals surface area contributed by atoms with Crippen molar-refractivity contribution in [1.29, 1.82) is 0 Å². The summed E-state index contributed by atoms with van der Waals surface area (Å²) in [6, 6.07) is 9.07. The predicted molar refractivity (Wildman–Crippen MR) is 83.3 cm³/mol. The van der Waals surface area contributed by atoms with E-state index in [0.717, 1.165) is 17.9 Å². The summed E-state index contributed by atoms with van der Waals surface area (Å²) in [4.78, 5) is 11.9. The first-order valence-electron chi connectivity index (χ1n) is 6.39. The highest BCUT2D eigenvalue weighted by Crippen LogP contribution is 2.11. The summed E-state index contributed by atoms with van der Waals surface area (Å²) in [5, 5.41) is 7.12. The quantitative estimate of drug-likeness (QED) is 0.630. The Hall–Kier alpha value is -1.95. The van der Waals surface area contributed by atoms with Gasteiger partial charge in [-0.3, -0.25) is 4.79 Å². The monoisotopic (exact) mass is 290 g/mol. The van der Waals surface area contributed by atoms with Crippen LogP contribution in [0.4, 0.5) is 5.69 Å². The van der Waals surface area contributed by atoms with Crippen LogP contribution in [0.3, 0.4) is 0 Å². The standard InChI is InChI=1S/C14H18N4OS/c1-20-9-3-7-16-14(19)13-6-8-18(17-13)12-5-2-4-11(15)10-12/h2,4-6,8,10H,3,7,9,15H2,1H3,(H,16,19). The maximum absolute atomic E-state index is 11.9. The number of nitrogen functional groups attached to an aromatic ring is 1. The first-order chi connectivity index (χ1) is 9.70. The maximum Gasteiger partial charge on any atom is 0.271 e. The fourth-order valence-electron chi connectivity index (χ4n) is 1.77. The number of carbonyl (C=O) groups excluding carboxylic acids is 1. The molecule has 0 aliphatic heterocycles. The zero-order chi connectivity index (χ0) is 14.4. The Morgan fingerprint density at radius 3 is 3.05 bits per heavy atom. The van der Waals surface area contributed by atoms with Crippen LogP contribution in [-0.2, 0) is 0 Å². The van der Waals surface area contributed by atoms with Gasteiger partial charge in [-0.15, -0.1) is 0 Å². The molecule has 2 aromatic rings. The third-order valence-corrected chi connectivity index (χ3v) is 3.46. The van der Waals surface area contributed by atoms with Gasteiger partial charge in [-0.1, -0.05) is 6.07 Å². The Labute approximate surface area is 122 Å². The van der Waals surface area contributed by atoms with Gasteiger partial charge in [-0.25, -0.2) is 4.68 Å². The van der Waals surface area contributed by atoms with E-state index < -0.39 is 0 Å². The van der Waals surface area contributed by atoms with Crippen molar-refractivity contribution in [3.05, 3.63) is 42.2 Å². The number of amides is 1. The molecule has 1 heterocycles. The topological polar surface area (TPSA) is 72.9 Å². The van der Waals surface area contributed by atoms with Crippen molar-refractivity contribution in [2.24, 2.45) is 0 Å². The highest BCUT2D eigenvalue weighted by molar-refractivity contribution is 7.98. The second-order valence-electron chi connectivity index (χ2n) is 4.34. The van der Waals surface area contributed by atoms with E-state index in [0.29, 0.717) is 17.9 Å². The smallest absolute Gasteiger partial charge is 0.271 e. The van der Waals surface area contributed by atoms with Gasteiger partial charge in [0.2, 0.25) is 0 Å². The molecule has 0 unspecified atom stereocenters. The number of rotatable bonds is 6. The number of nitrogens with two attached hydrogens (primary N) is 1. The van der Waals surface area contributed by atoms with Gasteiger partial charge < -0.3 is 11.1 Å². The molecule has 106 valence electrons. The van der Waals surface area contributed by atoms with Crippen LogP contribution < -0.4 is 11.1 Å². The Morgan fingerprint density at radius 2 is 2.30 bits per heavy atom. The molecule has 5 nitrogen and oxygen atoms in total. The molecule has 2 rings (SSSR count). The van der Waals surface area contributed by atoms with Gasteiger partial charge in [0, 0.05) is 18.4 Å². The lowest BCUT2D eigenvalue weighted by molar-refractivity contribution is 0.0948. The zero-order valence-electron chi connectivity index (χ0n) is 11.4. The van der Waals surface area contributed by atoms with Gasteiger partial charge >= 0.3 is 0 Å². The first-order valence-corrected chi connectivity index (χ1v) is 7.79. The molecule has 3 N–H and O–H groups in total. The Balaban J connectivity index is 2.00. The molecule has 0 aliphatic carbocycles. The minimum Gasteiger partial charge on any atom is -0.399 e. The lowest BCUT2D eigenvalue weighted by atomic mass is 10.3. The van der Waals surface area contributed by atoms with Crippen LogP contribution in [0, 0.1) is 0 Å². The molecule has 20 heavy (non-hydrogen) atoms. The Morgan fingerprint density at radius 1 is 1.45 bits per heavy atom. The van der Waals surface area contributed by atoms with Crippen molar-refractivity contribution < 1.29 is 4.79 Å². The van der Waals surface area contributed by atoms with E-state index in [1.165, 1.54) is 0 Å². The summed E-state index contributed by atoms with van der Waals surface area (Å²) in [6.07, 6.45) is 4.77. The van der Waals surface area contributed by atoms with Crippen molar-refractivity contribution in [2.75, 3.05) is 24.3 Å². The van der Waals surface area contributed by atoms with E-state index in [4.69, 9.17) is 5.73 Å². The normalized spacial score (nSPS) is 10.4. The molecule has 0 saturated carbocycles. The average molecular weight is 290 g/mol. The molecule has 1 amide bonds. The van der Waals surface area contributed by atoms with Crippen molar-refractivity contribution in [3.8, 4) is 5.69 Å². The van der Waals surface area contributed by atoms with Gasteiger partial charge in [0.25, 0.3) is 5.91 Å². The molecular weight excluding hydrogens is 272 g/mol. The third kappa shape index (κ3) is 3.77. The van der Waals surface area contributed by atoms with Crippen molar-refractivity contribution in [3.63, 3.8) is 0 Å². The fraction of sp³-hybridized carbons (Fsp3) is 0.286. The Bertz CT molecular complexity index is 582. The lowest BCUT2D eigenvalue weighted by Gasteiger charge is -2.03. The van der Waals surface area contributed by atoms with Crippen molar-refractivity contribution >= 4 is 23.4 Å². The molecule has 0 radical (unpaired) electrons. The molecule has 0 atom stereocenters. The van der Waals surface area contributed by atoms with E-state index in [9.17, 15) is 4.79 Å². The van der Waals surface area contributed by atoms with Gasteiger partial charge in [-0.2, -0.15) is 16.9 Å². The van der Waals surface area contributed by atoms with Gasteiger partial charge in [0.15, 0.2) is 5.69 Å². The van der Waals surface area contributed by atoms with Crippen LogP contribution in [0.5, 0.6) is 0 Å². The molecule has 0 fully saturated rings. The number of aromatic nitrogens is 2. The molecule has 6 heteroatoms. The minimum absolute atomic E-state index is 0.145. The molecule has 1 aromatic carbocycles. The zero-order valence-corrected chi connectivity index (χ0v) is 12.2. The Kier molecular flexibility index (Phi) is 5.06. The number of thioether (sulfide) groups is 1. The van der Waals surface area contributed by atoms with E-state index in [1.807, 2.05) is 24.3 Å².